The van der Waals surface area contributed by atoms with E-state index in [0.29, 0.717) is 42.3 Å². The topological polar surface area (TPSA) is 102 Å². The zero-order valence-corrected chi connectivity index (χ0v) is 16.0. The quantitative estimate of drug-likeness (QED) is 0.845. The molecule has 1 spiro atoms. The van der Waals surface area contributed by atoms with Gasteiger partial charge in [0.05, 0.1) is 11.1 Å². The lowest BCUT2D eigenvalue weighted by Crippen LogP contribution is -2.54. The lowest BCUT2D eigenvalue weighted by atomic mass is 10.0. The Kier molecular flexibility index (Phi) is 4.32. The van der Waals surface area contributed by atoms with Crippen LogP contribution in [0.25, 0.3) is 11.3 Å². The number of sulfonamides is 1. The van der Waals surface area contributed by atoms with Gasteiger partial charge in [0.25, 0.3) is 0 Å². The molecule has 0 saturated carbocycles. The van der Waals surface area contributed by atoms with Gasteiger partial charge in [-0.05, 0) is 25.0 Å². The predicted octanol–water partition coefficient (Wildman–Crippen LogP) is 1.24. The van der Waals surface area contributed by atoms with E-state index in [1.165, 1.54) is 4.31 Å². The third-order valence-electron chi connectivity index (χ3n) is 5.11. The molecule has 144 valence electrons. The summed E-state index contributed by atoms with van der Waals surface area (Å²) in [6, 6.07) is 5.21. The molecule has 27 heavy (non-hydrogen) atoms. The Morgan fingerprint density at radius 2 is 2.11 bits per heavy atom. The van der Waals surface area contributed by atoms with Crippen LogP contribution in [-0.4, -0.2) is 55.5 Å². The first-order chi connectivity index (χ1) is 12.8. The number of hydrogen-bond donors (Lipinski definition) is 1. The molecule has 1 aromatic heterocycles. The molecule has 1 aromatic carbocycles. The van der Waals surface area contributed by atoms with E-state index >= 15 is 0 Å². The van der Waals surface area contributed by atoms with E-state index in [2.05, 4.69) is 10.3 Å². The molecule has 2 aromatic rings. The normalized spacial score (nSPS) is 23.7. The Labute approximate surface area is 157 Å². The number of aryl methyl sites for hydroxylation is 2. The van der Waals surface area contributed by atoms with Gasteiger partial charge >= 0.3 is 0 Å². The molecule has 0 radical (unpaired) electrons. The highest BCUT2D eigenvalue weighted by Crippen LogP contribution is 2.33. The van der Waals surface area contributed by atoms with Crippen molar-refractivity contribution >= 4 is 15.9 Å². The fraction of sp³-hybridized carbons (Fsp3) is 0.444. The van der Waals surface area contributed by atoms with Gasteiger partial charge in [0.15, 0.2) is 11.7 Å². The van der Waals surface area contributed by atoms with Crippen molar-refractivity contribution in [2.45, 2.75) is 30.8 Å². The second-order valence-corrected chi connectivity index (χ2v) is 8.97. The van der Waals surface area contributed by atoms with Crippen molar-refractivity contribution in [1.82, 2.24) is 14.6 Å². The Morgan fingerprint density at radius 3 is 2.78 bits per heavy atom. The van der Waals surface area contributed by atoms with Crippen LogP contribution in [0.1, 0.15) is 17.9 Å². The standard InChI is InChI=1S/C18H21N3O5S/c1-12-3-4-14(15-8-19-13(2)26-15)7-16(12)27(23,24)21-6-5-18(11-21)10-20-17(22)9-25-18/h3-4,7-8H,5-6,9-11H2,1-2H3,(H,20,22). The first-order valence-electron chi connectivity index (χ1n) is 8.73. The summed E-state index contributed by atoms with van der Waals surface area (Å²) in [5.74, 6) is 0.876. The Bertz CT molecular complexity index is 988. The average molecular weight is 391 g/mol. The fourth-order valence-corrected chi connectivity index (χ4v) is 5.29. The van der Waals surface area contributed by atoms with Crippen molar-refractivity contribution in [2.75, 3.05) is 26.2 Å². The smallest absolute Gasteiger partial charge is 0.246 e. The number of nitrogens with zero attached hydrogens (tertiary/aromatic N) is 2. The fourth-order valence-electron chi connectivity index (χ4n) is 3.52. The lowest BCUT2D eigenvalue weighted by Gasteiger charge is -2.33. The number of carbonyl (C=O) groups excluding carboxylic acids is 1. The summed E-state index contributed by atoms with van der Waals surface area (Å²) in [5, 5.41) is 2.77. The molecule has 1 amide bonds. The van der Waals surface area contributed by atoms with Gasteiger partial charge in [-0.15, -0.1) is 0 Å². The summed E-state index contributed by atoms with van der Waals surface area (Å²) in [4.78, 5) is 15.7. The Hall–Kier alpha value is -2.23. The van der Waals surface area contributed by atoms with Crippen molar-refractivity contribution < 1.29 is 22.4 Å². The highest BCUT2D eigenvalue weighted by atomic mass is 32.2. The van der Waals surface area contributed by atoms with Crippen molar-refractivity contribution in [1.29, 1.82) is 0 Å². The third-order valence-corrected chi connectivity index (χ3v) is 7.10. The van der Waals surface area contributed by atoms with Crippen LogP contribution in [0.5, 0.6) is 0 Å². The number of hydrogen-bond acceptors (Lipinski definition) is 6. The highest BCUT2D eigenvalue weighted by Gasteiger charge is 2.46. The van der Waals surface area contributed by atoms with Gasteiger partial charge in [-0.2, -0.15) is 4.31 Å². The van der Waals surface area contributed by atoms with E-state index in [4.69, 9.17) is 9.15 Å². The monoisotopic (exact) mass is 391 g/mol. The summed E-state index contributed by atoms with van der Waals surface area (Å²) < 4.78 is 39.2. The highest BCUT2D eigenvalue weighted by molar-refractivity contribution is 7.89. The largest absolute Gasteiger partial charge is 0.441 e. The van der Waals surface area contributed by atoms with E-state index in [0.717, 1.165) is 0 Å². The van der Waals surface area contributed by atoms with Crippen LogP contribution in [0, 0.1) is 13.8 Å². The summed E-state index contributed by atoms with van der Waals surface area (Å²) in [6.07, 6.45) is 2.13. The molecule has 8 nitrogen and oxygen atoms in total. The van der Waals surface area contributed by atoms with Crippen LogP contribution in [0.2, 0.25) is 0 Å². The first-order valence-corrected chi connectivity index (χ1v) is 10.2. The summed E-state index contributed by atoms with van der Waals surface area (Å²) in [6.45, 7) is 4.37. The molecule has 2 fully saturated rings. The van der Waals surface area contributed by atoms with Crippen molar-refractivity contribution in [3.05, 3.63) is 35.9 Å². The summed E-state index contributed by atoms with van der Waals surface area (Å²) in [7, 11) is -3.70. The molecule has 2 aliphatic heterocycles. The molecular formula is C18H21N3O5S. The van der Waals surface area contributed by atoms with E-state index in [9.17, 15) is 13.2 Å². The average Bonchev–Trinajstić information content (AvgIpc) is 3.25. The first kappa shape index (κ1) is 18.1. The van der Waals surface area contributed by atoms with Crippen LogP contribution in [0.15, 0.2) is 33.7 Å². The van der Waals surface area contributed by atoms with Crippen molar-refractivity contribution in [3.8, 4) is 11.3 Å². The summed E-state index contributed by atoms with van der Waals surface area (Å²) in [5.41, 5.74) is 0.679. The molecule has 2 aliphatic rings. The molecule has 4 rings (SSSR count). The van der Waals surface area contributed by atoms with Crippen LogP contribution in [0.3, 0.4) is 0 Å². The van der Waals surface area contributed by atoms with Gasteiger partial charge in [-0.25, -0.2) is 13.4 Å². The number of oxazole rings is 1. The van der Waals surface area contributed by atoms with Gasteiger partial charge < -0.3 is 14.5 Å². The molecule has 3 heterocycles. The van der Waals surface area contributed by atoms with Gasteiger partial charge in [0.2, 0.25) is 15.9 Å². The van der Waals surface area contributed by atoms with Crippen LogP contribution in [0.4, 0.5) is 0 Å². The van der Waals surface area contributed by atoms with Gasteiger partial charge in [-0.3, -0.25) is 4.79 Å². The number of aromatic nitrogens is 1. The molecule has 2 saturated heterocycles. The maximum atomic E-state index is 13.3. The molecule has 9 heteroatoms. The Morgan fingerprint density at radius 1 is 1.30 bits per heavy atom. The molecular weight excluding hydrogens is 370 g/mol. The molecule has 0 bridgehead atoms. The van der Waals surface area contributed by atoms with Crippen LogP contribution < -0.4 is 5.32 Å². The molecule has 1 atom stereocenters. The lowest BCUT2D eigenvalue weighted by molar-refractivity contribution is -0.141. The summed E-state index contributed by atoms with van der Waals surface area (Å²) >= 11 is 0. The van der Waals surface area contributed by atoms with Crippen LogP contribution >= 0.6 is 0 Å². The maximum Gasteiger partial charge on any atom is 0.246 e. The Balaban J connectivity index is 1.63. The van der Waals surface area contributed by atoms with E-state index in [1.807, 2.05) is 6.07 Å². The molecule has 1 unspecified atom stereocenters. The van der Waals surface area contributed by atoms with E-state index in [-0.39, 0.29) is 24.0 Å². The predicted molar refractivity (Wildman–Crippen MR) is 96.5 cm³/mol. The number of morpholine rings is 1. The zero-order chi connectivity index (χ0) is 19.2. The number of amides is 1. The van der Waals surface area contributed by atoms with E-state index < -0.39 is 15.6 Å². The SMILES string of the molecule is Cc1ncc(-c2ccc(C)c(S(=O)(=O)N3CCC4(CNC(=O)CO4)C3)c2)o1. The minimum absolute atomic E-state index is 0.0345. The van der Waals surface area contributed by atoms with E-state index in [1.54, 1.807) is 32.2 Å². The minimum Gasteiger partial charge on any atom is -0.441 e. The molecule has 1 N–H and O–H groups in total. The zero-order valence-electron chi connectivity index (χ0n) is 15.2. The third kappa shape index (κ3) is 3.26. The number of ether oxygens (including phenoxy) is 1. The van der Waals surface area contributed by atoms with Gasteiger partial charge in [0, 0.05) is 32.1 Å². The van der Waals surface area contributed by atoms with Crippen molar-refractivity contribution in [2.24, 2.45) is 0 Å². The van der Waals surface area contributed by atoms with Gasteiger partial charge in [-0.1, -0.05) is 12.1 Å². The second kappa shape index (κ2) is 6.43. The minimum atomic E-state index is -3.70. The van der Waals surface area contributed by atoms with Crippen molar-refractivity contribution in [3.63, 3.8) is 0 Å². The van der Waals surface area contributed by atoms with Gasteiger partial charge in [0.1, 0.15) is 12.2 Å². The number of benzene rings is 1. The second-order valence-electron chi connectivity index (χ2n) is 7.06. The number of rotatable bonds is 3. The number of carbonyl (C=O) groups is 1. The van der Waals surface area contributed by atoms with Crippen LogP contribution in [-0.2, 0) is 19.6 Å². The molecule has 0 aliphatic carbocycles. The maximum absolute atomic E-state index is 13.3. The number of nitrogens with one attached hydrogen (secondary N) is 1.